The molecule has 5 rings (SSSR count). The number of ether oxygens (including phenoxy) is 1. The first-order valence-corrected chi connectivity index (χ1v) is 11.0. The van der Waals surface area contributed by atoms with Crippen molar-refractivity contribution in [1.82, 2.24) is 10.6 Å². The number of hydrogen-bond acceptors (Lipinski definition) is 3. The number of methoxy groups -OCH3 is 1. The largest absolute Gasteiger partial charge is 0.494 e. The highest BCUT2D eigenvalue weighted by Gasteiger charge is 2.51. The third kappa shape index (κ3) is 4.31. The summed E-state index contributed by atoms with van der Waals surface area (Å²) >= 11 is 0. The molecule has 0 spiro atoms. The minimum atomic E-state index is -0.447. The van der Waals surface area contributed by atoms with Gasteiger partial charge in [0.2, 0.25) is 0 Å². The van der Waals surface area contributed by atoms with E-state index in [2.05, 4.69) is 10.6 Å². The average Bonchev–Trinajstić information content (AvgIpc) is 2.65. The van der Waals surface area contributed by atoms with Crippen molar-refractivity contribution >= 4 is 11.9 Å². The van der Waals surface area contributed by atoms with Crippen molar-refractivity contribution in [3.8, 4) is 5.75 Å². The van der Waals surface area contributed by atoms with Gasteiger partial charge in [0.25, 0.3) is 5.91 Å². The Balaban J connectivity index is 1.30. The Hall–Kier alpha value is -2.15. The molecule has 0 radical (unpaired) electrons. The summed E-state index contributed by atoms with van der Waals surface area (Å²) in [4.78, 5) is 26.1. The monoisotopic (exact) mass is 418 g/mol. The van der Waals surface area contributed by atoms with E-state index < -0.39 is 11.9 Å². The molecule has 1 aromatic carbocycles. The zero-order valence-corrected chi connectivity index (χ0v) is 18.1. The highest BCUT2D eigenvalue weighted by molar-refractivity contribution is 5.96. The molecule has 4 fully saturated rings. The number of carbonyl (C=O) groups excluding carboxylic acids is 2. The Bertz CT molecular complexity index is 793. The van der Waals surface area contributed by atoms with Gasteiger partial charge in [-0.25, -0.2) is 9.18 Å². The van der Waals surface area contributed by atoms with Crippen molar-refractivity contribution in [2.24, 2.45) is 17.8 Å². The van der Waals surface area contributed by atoms with E-state index in [0.29, 0.717) is 6.54 Å². The molecule has 4 saturated carbocycles. The summed E-state index contributed by atoms with van der Waals surface area (Å²) in [6.07, 6.45) is 7.05. The molecular formula is C23H33FN3O3+. The lowest BCUT2D eigenvalue weighted by Crippen LogP contribution is -3.12. The third-order valence-electron chi connectivity index (χ3n) is 7.49. The molecule has 2 atom stereocenters. The third-order valence-corrected chi connectivity index (χ3v) is 7.49. The number of hydrogen-bond donors (Lipinski definition) is 3. The molecule has 0 aliphatic heterocycles. The van der Waals surface area contributed by atoms with Crippen LogP contribution in [-0.2, 0) is 11.3 Å². The maximum Gasteiger partial charge on any atom is 0.322 e. The lowest BCUT2D eigenvalue weighted by atomic mass is 9.53. The van der Waals surface area contributed by atoms with E-state index in [1.165, 1.54) is 32.4 Å². The van der Waals surface area contributed by atoms with Crippen LogP contribution in [0.25, 0.3) is 0 Å². The predicted octanol–water partition coefficient (Wildman–Crippen LogP) is 2.03. The van der Waals surface area contributed by atoms with Gasteiger partial charge >= 0.3 is 6.03 Å². The molecule has 164 valence electrons. The van der Waals surface area contributed by atoms with E-state index in [-0.39, 0.29) is 23.2 Å². The van der Waals surface area contributed by atoms with E-state index in [1.54, 1.807) is 19.1 Å². The van der Waals surface area contributed by atoms with E-state index in [9.17, 15) is 14.0 Å². The van der Waals surface area contributed by atoms with Gasteiger partial charge in [0, 0.05) is 11.1 Å². The van der Waals surface area contributed by atoms with Crippen molar-refractivity contribution in [3.63, 3.8) is 0 Å². The zero-order valence-electron chi connectivity index (χ0n) is 18.1. The zero-order chi connectivity index (χ0) is 21.5. The molecule has 0 saturated heterocycles. The van der Waals surface area contributed by atoms with Gasteiger partial charge in [-0.15, -0.1) is 0 Å². The quantitative estimate of drug-likeness (QED) is 0.662. The smallest absolute Gasteiger partial charge is 0.322 e. The van der Waals surface area contributed by atoms with Crippen LogP contribution in [0.1, 0.15) is 51.0 Å². The van der Waals surface area contributed by atoms with Crippen LogP contribution in [0.4, 0.5) is 9.18 Å². The number of benzene rings is 1. The summed E-state index contributed by atoms with van der Waals surface area (Å²) in [5.41, 5.74) is 0.644. The summed E-state index contributed by atoms with van der Waals surface area (Å²) in [5.74, 6) is 1.65. The van der Waals surface area contributed by atoms with E-state index in [4.69, 9.17) is 4.74 Å². The van der Waals surface area contributed by atoms with Crippen LogP contribution < -0.4 is 20.3 Å². The molecule has 4 aliphatic carbocycles. The average molecular weight is 419 g/mol. The number of urea groups is 1. The molecule has 30 heavy (non-hydrogen) atoms. The highest BCUT2D eigenvalue weighted by Crippen LogP contribution is 2.55. The molecule has 7 heteroatoms. The number of likely N-dealkylation sites (N-methyl/N-ethyl adjacent to an activating group) is 1. The fourth-order valence-electron chi connectivity index (χ4n) is 6.27. The van der Waals surface area contributed by atoms with Crippen molar-refractivity contribution in [1.29, 1.82) is 0 Å². The summed E-state index contributed by atoms with van der Waals surface area (Å²) < 4.78 is 18.9. The van der Waals surface area contributed by atoms with Crippen LogP contribution in [0, 0.1) is 23.6 Å². The molecule has 1 aromatic rings. The first-order valence-electron chi connectivity index (χ1n) is 11.0. The standard InChI is InChI=1S/C23H32FN3O3/c1-14(27(2)13-15-4-5-20(30-3)19(24)9-15)21(28)25-22(29)26-23-10-16-6-17(11-23)8-18(7-16)12-23/h4-5,9,14,16-18H,6-8,10-13H2,1-3H3,(H2,25,26,28,29)/p+1/t14-,16?,17?,18?,23?/m1/s1. The van der Waals surface area contributed by atoms with Gasteiger partial charge in [0.05, 0.1) is 14.2 Å². The number of amides is 3. The van der Waals surface area contributed by atoms with Gasteiger partial charge in [-0.2, -0.15) is 0 Å². The lowest BCUT2D eigenvalue weighted by molar-refractivity contribution is -0.908. The van der Waals surface area contributed by atoms with Gasteiger partial charge in [0.15, 0.2) is 17.6 Å². The van der Waals surface area contributed by atoms with Crippen molar-refractivity contribution in [2.45, 2.75) is 63.6 Å². The Kier molecular flexibility index (Phi) is 5.75. The number of rotatable bonds is 6. The highest BCUT2D eigenvalue weighted by atomic mass is 19.1. The number of imide groups is 1. The maximum absolute atomic E-state index is 13.9. The number of carbonyl (C=O) groups is 2. The Morgan fingerprint density at radius 3 is 2.33 bits per heavy atom. The molecule has 3 N–H and O–H groups in total. The molecule has 3 amide bonds. The normalized spacial score (nSPS) is 31.1. The molecule has 4 bridgehead atoms. The van der Waals surface area contributed by atoms with Crippen molar-refractivity contribution in [3.05, 3.63) is 29.6 Å². The molecule has 0 heterocycles. The SMILES string of the molecule is COc1ccc(C[NH+](C)[C@H](C)C(=O)NC(=O)NC23CC4CC(CC(C4)C2)C3)cc1F. The molecule has 0 aromatic heterocycles. The van der Waals surface area contributed by atoms with Gasteiger partial charge in [-0.3, -0.25) is 10.1 Å². The van der Waals surface area contributed by atoms with Gasteiger partial charge < -0.3 is 15.0 Å². The van der Waals surface area contributed by atoms with E-state index >= 15 is 0 Å². The second kappa shape index (κ2) is 8.17. The fourth-order valence-corrected chi connectivity index (χ4v) is 6.27. The number of quaternary nitrogens is 1. The first-order chi connectivity index (χ1) is 14.3. The molecule has 4 aliphatic rings. The second-order valence-electron chi connectivity index (χ2n) is 9.85. The fraction of sp³-hybridized carbons (Fsp3) is 0.652. The molecule has 6 nitrogen and oxygen atoms in total. The number of halogens is 1. The Labute approximate surface area is 177 Å². The van der Waals surface area contributed by atoms with Crippen molar-refractivity contribution in [2.75, 3.05) is 14.2 Å². The maximum atomic E-state index is 13.9. The Morgan fingerprint density at radius 2 is 1.80 bits per heavy atom. The van der Waals surface area contributed by atoms with Gasteiger partial charge in [-0.1, -0.05) is 0 Å². The minimum Gasteiger partial charge on any atom is -0.494 e. The summed E-state index contributed by atoms with van der Waals surface area (Å²) in [6.45, 7) is 2.24. The minimum absolute atomic E-state index is 0.123. The van der Waals surface area contributed by atoms with Crippen LogP contribution in [0.5, 0.6) is 5.75 Å². The second-order valence-corrected chi connectivity index (χ2v) is 9.85. The first kappa shape index (κ1) is 21.1. The van der Waals surface area contributed by atoms with Crippen LogP contribution >= 0.6 is 0 Å². The van der Waals surface area contributed by atoms with Crippen LogP contribution in [0.2, 0.25) is 0 Å². The predicted molar refractivity (Wildman–Crippen MR) is 111 cm³/mol. The summed E-state index contributed by atoms with van der Waals surface area (Å²) in [5, 5.41) is 5.72. The summed E-state index contributed by atoms with van der Waals surface area (Å²) in [7, 11) is 3.29. The Morgan fingerprint density at radius 1 is 1.20 bits per heavy atom. The van der Waals surface area contributed by atoms with Gasteiger partial charge in [0.1, 0.15) is 6.54 Å². The molecule has 1 unspecified atom stereocenters. The van der Waals surface area contributed by atoms with Crippen LogP contribution in [-0.4, -0.2) is 37.7 Å². The number of nitrogens with one attached hydrogen (secondary N) is 3. The topological polar surface area (TPSA) is 71.9 Å². The van der Waals surface area contributed by atoms with Crippen LogP contribution in [0.3, 0.4) is 0 Å². The molecular weight excluding hydrogens is 385 g/mol. The van der Waals surface area contributed by atoms with E-state index in [0.717, 1.165) is 47.5 Å². The van der Waals surface area contributed by atoms with Crippen molar-refractivity contribution < 1.29 is 23.6 Å². The van der Waals surface area contributed by atoms with Gasteiger partial charge in [-0.05, 0) is 81.4 Å². The van der Waals surface area contributed by atoms with E-state index in [1.807, 2.05) is 7.05 Å². The lowest BCUT2D eigenvalue weighted by Gasteiger charge is -2.56. The summed E-state index contributed by atoms with van der Waals surface area (Å²) in [6, 6.07) is 3.97. The van der Waals surface area contributed by atoms with Crippen LogP contribution in [0.15, 0.2) is 18.2 Å².